The first-order valence-corrected chi connectivity index (χ1v) is 8.58. The molecule has 2 aromatic rings. The third kappa shape index (κ3) is 3.32. The first kappa shape index (κ1) is 15.3. The van der Waals surface area contributed by atoms with Crippen LogP contribution in [0.2, 0.25) is 4.34 Å². The van der Waals surface area contributed by atoms with Crippen LogP contribution >= 0.6 is 22.9 Å². The highest BCUT2D eigenvalue weighted by Crippen LogP contribution is 2.24. The summed E-state index contributed by atoms with van der Waals surface area (Å²) in [6.45, 7) is 3.73. The van der Waals surface area contributed by atoms with Crippen molar-refractivity contribution in [1.82, 2.24) is 4.72 Å². The molecule has 0 saturated heterocycles. The van der Waals surface area contributed by atoms with Crippen LogP contribution in [0.1, 0.15) is 16.0 Å². The Labute approximate surface area is 127 Å². The second-order valence-corrected chi connectivity index (χ2v) is 8.04. The van der Waals surface area contributed by atoms with Gasteiger partial charge in [-0.15, -0.1) is 11.3 Å². The topological polar surface area (TPSA) is 72.2 Å². The molecular weight excluding hydrogens is 316 g/mol. The van der Waals surface area contributed by atoms with Gasteiger partial charge in [-0.3, -0.25) is 0 Å². The Bertz CT molecular complexity index is 739. The van der Waals surface area contributed by atoms with Crippen LogP contribution in [0.3, 0.4) is 0 Å². The van der Waals surface area contributed by atoms with E-state index in [0.717, 1.165) is 10.4 Å². The zero-order valence-electron chi connectivity index (χ0n) is 11.1. The van der Waals surface area contributed by atoms with Crippen LogP contribution in [0, 0.1) is 13.8 Å². The molecule has 0 aliphatic rings. The lowest BCUT2D eigenvalue weighted by molar-refractivity contribution is 0.581. The minimum atomic E-state index is -3.59. The van der Waals surface area contributed by atoms with Gasteiger partial charge in [0.1, 0.15) is 0 Å². The van der Waals surface area contributed by atoms with Crippen LogP contribution in [0.25, 0.3) is 0 Å². The Morgan fingerprint density at radius 3 is 2.60 bits per heavy atom. The highest BCUT2D eigenvalue weighted by molar-refractivity contribution is 7.89. The Morgan fingerprint density at radius 1 is 1.30 bits per heavy atom. The maximum absolute atomic E-state index is 12.3. The van der Waals surface area contributed by atoms with Crippen LogP contribution in [0.4, 0.5) is 5.69 Å². The molecule has 0 amide bonds. The Balaban J connectivity index is 2.27. The number of thiophene rings is 1. The molecule has 3 N–H and O–H groups in total. The number of aryl methyl sites for hydroxylation is 1. The molecular formula is C13H15ClN2O2S2. The Hall–Kier alpha value is -1.08. The summed E-state index contributed by atoms with van der Waals surface area (Å²) in [5, 5.41) is 0. The maximum Gasteiger partial charge on any atom is 0.241 e. The SMILES string of the molecule is Cc1cc(N)c(C)c(S(=O)(=O)NCc2ccc(Cl)s2)c1. The number of halogens is 1. The van der Waals surface area contributed by atoms with E-state index in [-0.39, 0.29) is 11.4 Å². The van der Waals surface area contributed by atoms with Crippen molar-refractivity contribution in [2.45, 2.75) is 25.3 Å². The third-order valence-electron chi connectivity index (χ3n) is 2.90. The smallest absolute Gasteiger partial charge is 0.241 e. The predicted octanol–water partition coefficient (Wildman–Crippen LogP) is 3.08. The number of hydrogen-bond acceptors (Lipinski definition) is 4. The summed E-state index contributed by atoms with van der Waals surface area (Å²) in [5.41, 5.74) is 7.67. The summed E-state index contributed by atoms with van der Waals surface area (Å²) in [4.78, 5) is 1.08. The predicted molar refractivity (Wildman–Crippen MR) is 83.7 cm³/mol. The van der Waals surface area contributed by atoms with E-state index in [1.54, 1.807) is 31.2 Å². The molecule has 0 atom stereocenters. The van der Waals surface area contributed by atoms with Gasteiger partial charge < -0.3 is 5.73 Å². The van der Waals surface area contributed by atoms with E-state index in [2.05, 4.69) is 4.72 Å². The third-order valence-corrected chi connectivity index (χ3v) is 5.66. The van der Waals surface area contributed by atoms with Gasteiger partial charge in [0.25, 0.3) is 0 Å². The standard InChI is InChI=1S/C13H15ClN2O2S2/c1-8-5-11(15)9(2)12(6-8)20(17,18)16-7-10-3-4-13(14)19-10/h3-6,16H,7,15H2,1-2H3. The summed E-state index contributed by atoms with van der Waals surface area (Å²) >= 11 is 7.17. The number of anilines is 1. The fourth-order valence-electron chi connectivity index (χ4n) is 1.82. The number of nitrogens with two attached hydrogens (primary N) is 1. The van der Waals surface area contributed by atoms with E-state index in [4.69, 9.17) is 17.3 Å². The molecule has 1 heterocycles. The lowest BCUT2D eigenvalue weighted by atomic mass is 10.1. The fourth-order valence-corrected chi connectivity index (χ4v) is 4.30. The van der Waals surface area contributed by atoms with Crippen LogP contribution in [-0.4, -0.2) is 8.42 Å². The summed E-state index contributed by atoms with van der Waals surface area (Å²) < 4.78 is 27.9. The summed E-state index contributed by atoms with van der Waals surface area (Å²) in [7, 11) is -3.59. The average molecular weight is 331 g/mol. The molecule has 0 fully saturated rings. The Kier molecular flexibility index (Phi) is 4.39. The molecule has 4 nitrogen and oxygen atoms in total. The molecule has 0 bridgehead atoms. The van der Waals surface area contributed by atoms with E-state index in [9.17, 15) is 8.42 Å². The van der Waals surface area contributed by atoms with E-state index in [0.29, 0.717) is 15.6 Å². The van der Waals surface area contributed by atoms with Crippen molar-refractivity contribution in [2.75, 3.05) is 5.73 Å². The number of rotatable bonds is 4. The van der Waals surface area contributed by atoms with Crippen LogP contribution in [0.5, 0.6) is 0 Å². The van der Waals surface area contributed by atoms with Gasteiger partial charge in [0.15, 0.2) is 0 Å². The molecule has 1 aromatic heterocycles. The first-order chi connectivity index (χ1) is 9.29. The van der Waals surface area contributed by atoms with Gasteiger partial charge >= 0.3 is 0 Å². The summed E-state index contributed by atoms with van der Waals surface area (Å²) in [6.07, 6.45) is 0. The van der Waals surface area contributed by atoms with Crippen LogP contribution in [-0.2, 0) is 16.6 Å². The molecule has 0 aliphatic carbocycles. The molecule has 0 saturated carbocycles. The highest BCUT2D eigenvalue weighted by atomic mass is 35.5. The van der Waals surface area contributed by atoms with Crippen molar-refractivity contribution in [3.05, 3.63) is 44.6 Å². The van der Waals surface area contributed by atoms with Crippen molar-refractivity contribution < 1.29 is 8.42 Å². The van der Waals surface area contributed by atoms with Crippen LogP contribution < -0.4 is 10.5 Å². The Morgan fingerprint density at radius 2 is 2.00 bits per heavy atom. The van der Waals surface area contributed by atoms with Gasteiger partial charge in [-0.1, -0.05) is 11.6 Å². The number of sulfonamides is 1. The number of nitrogen functional groups attached to an aromatic ring is 1. The quantitative estimate of drug-likeness (QED) is 0.846. The highest BCUT2D eigenvalue weighted by Gasteiger charge is 2.18. The monoisotopic (exact) mass is 330 g/mol. The van der Waals surface area contributed by atoms with Crippen molar-refractivity contribution in [3.63, 3.8) is 0 Å². The zero-order valence-corrected chi connectivity index (χ0v) is 13.5. The summed E-state index contributed by atoms with van der Waals surface area (Å²) in [5.74, 6) is 0. The van der Waals surface area contributed by atoms with Gasteiger partial charge in [-0.25, -0.2) is 13.1 Å². The first-order valence-electron chi connectivity index (χ1n) is 5.90. The lowest BCUT2D eigenvalue weighted by Crippen LogP contribution is -2.24. The normalized spacial score (nSPS) is 11.8. The van der Waals surface area contributed by atoms with Crippen molar-refractivity contribution in [3.8, 4) is 0 Å². The van der Waals surface area contributed by atoms with E-state index >= 15 is 0 Å². The second-order valence-electron chi connectivity index (χ2n) is 4.51. The van der Waals surface area contributed by atoms with E-state index in [1.807, 2.05) is 6.92 Å². The molecule has 0 spiro atoms. The van der Waals surface area contributed by atoms with Gasteiger partial charge in [0.2, 0.25) is 10.0 Å². The largest absolute Gasteiger partial charge is 0.398 e. The lowest BCUT2D eigenvalue weighted by Gasteiger charge is -2.11. The molecule has 108 valence electrons. The minimum absolute atomic E-state index is 0.215. The summed E-state index contributed by atoms with van der Waals surface area (Å²) in [6, 6.07) is 6.92. The molecule has 7 heteroatoms. The van der Waals surface area contributed by atoms with Crippen molar-refractivity contribution >= 4 is 38.6 Å². The number of benzene rings is 1. The molecule has 1 aromatic carbocycles. The molecule has 2 rings (SSSR count). The van der Waals surface area contributed by atoms with Gasteiger partial charge in [0.05, 0.1) is 9.23 Å². The average Bonchev–Trinajstić information content (AvgIpc) is 2.77. The van der Waals surface area contributed by atoms with E-state index < -0.39 is 10.0 Å². The maximum atomic E-state index is 12.3. The minimum Gasteiger partial charge on any atom is -0.398 e. The van der Waals surface area contributed by atoms with E-state index in [1.165, 1.54) is 11.3 Å². The molecule has 0 unspecified atom stereocenters. The molecule has 0 radical (unpaired) electrons. The zero-order chi connectivity index (χ0) is 14.9. The van der Waals surface area contributed by atoms with Gasteiger partial charge in [0, 0.05) is 17.1 Å². The van der Waals surface area contributed by atoms with Crippen molar-refractivity contribution in [1.29, 1.82) is 0 Å². The number of nitrogens with one attached hydrogen (secondary N) is 1. The van der Waals surface area contributed by atoms with Gasteiger partial charge in [-0.2, -0.15) is 0 Å². The fraction of sp³-hybridized carbons (Fsp3) is 0.231. The van der Waals surface area contributed by atoms with Crippen LogP contribution in [0.15, 0.2) is 29.2 Å². The van der Waals surface area contributed by atoms with Crippen molar-refractivity contribution in [2.24, 2.45) is 0 Å². The molecule has 0 aliphatic heterocycles. The van der Waals surface area contributed by atoms with Gasteiger partial charge in [-0.05, 0) is 49.2 Å². The molecule has 20 heavy (non-hydrogen) atoms. The second kappa shape index (κ2) is 5.73. The number of hydrogen-bond donors (Lipinski definition) is 2.